The number of carbonyl (C=O) groups is 3. The zero-order chi connectivity index (χ0) is 15.9. The lowest BCUT2D eigenvalue weighted by Crippen LogP contribution is -2.33. The smallest absolute Gasteiger partial charge is 0.257 e. The van der Waals surface area contributed by atoms with Crippen LogP contribution >= 0.6 is 0 Å². The highest BCUT2D eigenvalue weighted by atomic mass is 16.2. The van der Waals surface area contributed by atoms with Gasteiger partial charge in [0, 0.05) is 11.3 Å². The highest BCUT2D eigenvalue weighted by Crippen LogP contribution is 2.13. The number of benzene rings is 2. The van der Waals surface area contributed by atoms with E-state index in [9.17, 15) is 14.4 Å². The molecule has 112 valence electrons. The average Bonchev–Trinajstić information content (AvgIpc) is 2.50. The molecule has 0 saturated carbocycles. The number of amides is 3. The molecule has 3 amide bonds. The predicted molar refractivity (Wildman–Crippen MR) is 83.3 cm³/mol. The van der Waals surface area contributed by atoms with Crippen molar-refractivity contribution in [2.24, 2.45) is 0 Å². The van der Waals surface area contributed by atoms with Gasteiger partial charge in [-0.3, -0.25) is 19.7 Å². The quantitative estimate of drug-likeness (QED) is 0.850. The van der Waals surface area contributed by atoms with Crippen molar-refractivity contribution in [3.05, 3.63) is 65.7 Å². The summed E-state index contributed by atoms with van der Waals surface area (Å²) < 4.78 is 0. The molecule has 0 heterocycles. The van der Waals surface area contributed by atoms with E-state index in [4.69, 9.17) is 0 Å². The van der Waals surface area contributed by atoms with Gasteiger partial charge in [-0.25, -0.2) is 0 Å². The van der Waals surface area contributed by atoms with E-state index in [2.05, 4.69) is 10.6 Å². The zero-order valence-electron chi connectivity index (χ0n) is 12.1. The van der Waals surface area contributed by atoms with Crippen LogP contribution in [0.5, 0.6) is 0 Å². The van der Waals surface area contributed by atoms with E-state index in [1.807, 2.05) is 19.1 Å². The van der Waals surface area contributed by atoms with Crippen LogP contribution in [-0.2, 0) is 9.59 Å². The molecule has 5 nitrogen and oxygen atoms in total. The first-order chi connectivity index (χ1) is 10.6. The Hall–Kier alpha value is -2.95. The summed E-state index contributed by atoms with van der Waals surface area (Å²) in [6.45, 7) is 1.86. The average molecular weight is 296 g/mol. The summed E-state index contributed by atoms with van der Waals surface area (Å²) in [7, 11) is 0. The number of aryl methyl sites for hydroxylation is 1. The van der Waals surface area contributed by atoms with Crippen molar-refractivity contribution < 1.29 is 14.4 Å². The van der Waals surface area contributed by atoms with Crippen LogP contribution in [0.15, 0.2) is 54.6 Å². The van der Waals surface area contributed by atoms with Crippen LogP contribution in [0, 0.1) is 6.92 Å². The molecule has 0 spiro atoms. The van der Waals surface area contributed by atoms with E-state index >= 15 is 0 Å². The second-order valence-electron chi connectivity index (χ2n) is 4.78. The Labute approximate surface area is 128 Å². The minimum absolute atomic E-state index is 0.371. The van der Waals surface area contributed by atoms with Gasteiger partial charge in [-0.1, -0.05) is 36.4 Å². The van der Waals surface area contributed by atoms with Crippen molar-refractivity contribution in [2.75, 3.05) is 5.32 Å². The minimum atomic E-state index is -0.639. The van der Waals surface area contributed by atoms with Crippen molar-refractivity contribution in [1.82, 2.24) is 5.32 Å². The van der Waals surface area contributed by atoms with E-state index in [-0.39, 0.29) is 0 Å². The fraction of sp³-hybridized carbons (Fsp3) is 0.118. The third-order valence-electron chi connectivity index (χ3n) is 3.03. The normalized spacial score (nSPS) is 9.86. The number of anilines is 1. The molecule has 0 atom stereocenters. The molecule has 0 aliphatic rings. The number of imide groups is 1. The molecule has 2 aromatic carbocycles. The molecular weight excluding hydrogens is 280 g/mol. The number of hydrogen-bond donors (Lipinski definition) is 2. The lowest BCUT2D eigenvalue weighted by Gasteiger charge is -2.08. The van der Waals surface area contributed by atoms with E-state index in [0.29, 0.717) is 11.3 Å². The van der Waals surface area contributed by atoms with E-state index in [0.717, 1.165) is 5.56 Å². The molecule has 0 aliphatic heterocycles. The van der Waals surface area contributed by atoms with Gasteiger partial charge in [0.2, 0.25) is 11.8 Å². The molecular formula is C17H16N2O3. The lowest BCUT2D eigenvalue weighted by molar-refractivity contribution is -0.126. The SMILES string of the molecule is Cc1ccccc1NC(=O)CC(=O)NC(=O)c1ccccc1. The summed E-state index contributed by atoms with van der Waals surface area (Å²) in [6, 6.07) is 15.6. The summed E-state index contributed by atoms with van der Waals surface area (Å²) in [6.07, 6.45) is -0.410. The molecule has 22 heavy (non-hydrogen) atoms. The predicted octanol–water partition coefficient (Wildman–Crippen LogP) is 2.28. The first kappa shape index (κ1) is 15.4. The topological polar surface area (TPSA) is 75.3 Å². The molecule has 2 rings (SSSR count). The first-order valence-corrected chi connectivity index (χ1v) is 6.81. The third-order valence-corrected chi connectivity index (χ3v) is 3.03. The van der Waals surface area contributed by atoms with Gasteiger partial charge >= 0.3 is 0 Å². The van der Waals surface area contributed by atoms with Gasteiger partial charge < -0.3 is 5.32 Å². The fourth-order valence-corrected chi connectivity index (χ4v) is 1.89. The van der Waals surface area contributed by atoms with Crippen LogP contribution in [0.3, 0.4) is 0 Å². The van der Waals surface area contributed by atoms with Crippen LogP contribution < -0.4 is 10.6 Å². The Bertz CT molecular complexity index is 696. The van der Waals surface area contributed by atoms with Crippen molar-refractivity contribution >= 4 is 23.4 Å². The maximum atomic E-state index is 11.8. The summed E-state index contributed by atoms with van der Waals surface area (Å²) >= 11 is 0. The van der Waals surface area contributed by atoms with Crippen LogP contribution in [0.1, 0.15) is 22.3 Å². The summed E-state index contributed by atoms with van der Waals surface area (Å²) in [4.78, 5) is 35.3. The van der Waals surface area contributed by atoms with Crippen LogP contribution in [-0.4, -0.2) is 17.7 Å². The van der Waals surface area contributed by atoms with Gasteiger partial charge in [0.05, 0.1) is 0 Å². The molecule has 0 radical (unpaired) electrons. The molecule has 0 unspecified atom stereocenters. The standard InChI is InChI=1S/C17H16N2O3/c1-12-7-5-6-10-14(12)18-15(20)11-16(21)19-17(22)13-8-3-2-4-9-13/h2-10H,11H2,1H3,(H,18,20)(H,19,21,22). The molecule has 2 N–H and O–H groups in total. The van der Waals surface area contributed by atoms with Gasteiger partial charge in [-0.15, -0.1) is 0 Å². The van der Waals surface area contributed by atoms with Crippen molar-refractivity contribution in [1.29, 1.82) is 0 Å². The number of rotatable bonds is 4. The van der Waals surface area contributed by atoms with Gasteiger partial charge in [0.15, 0.2) is 0 Å². The fourth-order valence-electron chi connectivity index (χ4n) is 1.89. The van der Waals surface area contributed by atoms with E-state index in [1.165, 1.54) is 0 Å². The Morgan fingerprint density at radius 2 is 1.50 bits per heavy atom. The summed E-state index contributed by atoms with van der Waals surface area (Å²) in [5.41, 5.74) is 1.92. The second-order valence-corrected chi connectivity index (χ2v) is 4.78. The maximum Gasteiger partial charge on any atom is 0.257 e. The van der Waals surface area contributed by atoms with Gasteiger partial charge in [-0.05, 0) is 30.7 Å². The van der Waals surface area contributed by atoms with Crippen LogP contribution in [0.25, 0.3) is 0 Å². The Morgan fingerprint density at radius 1 is 0.864 bits per heavy atom. The number of para-hydroxylation sites is 1. The molecule has 5 heteroatoms. The summed E-state index contributed by atoms with van der Waals surface area (Å²) in [5, 5.41) is 4.83. The lowest BCUT2D eigenvalue weighted by atomic mass is 10.2. The zero-order valence-corrected chi connectivity index (χ0v) is 12.1. The van der Waals surface area contributed by atoms with Crippen molar-refractivity contribution in [3.63, 3.8) is 0 Å². The second kappa shape index (κ2) is 7.17. The molecule has 0 bridgehead atoms. The van der Waals surface area contributed by atoms with Gasteiger partial charge in [0.1, 0.15) is 6.42 Å². The van der Waals surface area contributed by atoms with Gasteiger partial charge in [-0.2, -0.15) is 0 Å². The Kier molecular flexibility index (Phi) is 5.03. The first-order valence-electron chi connectivity index (χ1n) is 6.81. The molecule has 0 aromatic heterocycles. The Balaban J connectivity index is 1.88. The van der Waals surface area contributed by atoms with E-state index < -0.39 is 24.1 Å². The summed E-state index contributed by atoms with van der Waals surface area (Å²) in [5.74, 6) is -1.62. The van der Waals surface area contributed by atoms with Crippen molar-refractivity contribution in [3.8, 4) is 0 Å². The van der Waals surface area contributed by atoms with E-state index in [1.54, 1.807) is 42.5 Å². The highest BCUT2D eigenvalue weighted by Gasteiger charge is 2.14. The Morgan fingerprint density at radius 3 is 2.18 bits per heavy atom. The molecule has 2 aromatic rings. The van der Waals surface area contributed by atoms with Gasteiger partial charge in [0.25, 0.3) is 5.91 Å². The molecule has 0 aliphatic carbocycles. The largest absolute Gasteiger partial charge is 0.325 e. The number of hydrogen-bond acceptors (Lipinski definition) is 3. The maximum absolute atomic E-state index is 11.8. The molecule has 0 saturated heterocycles. The highest BCUT2D eigenvalue weighted by molar-refractivity contribution is 6.11. The monoisotopic (exact) mass is 296 g/mol. The van der Waals surface area contributed by atoms with Crippen molar-refractivity contribution in [2.45, 2.75) is 13.3 Å². The number of nitrogens with one attached hydrogen (secondary N) is 2. The van der Waals surface area contributed by atoms with Crippen LogP contribution in [0.2, 0.25) is 0 Å². The minimum Gasteiger partial charge on any atom is -0.325 e. The molecule has 0 fully saturated rings. The number of carbonyl (C=O) groups excluding carboxylic acids is 3. The van der Waals surface area contributed by atoms with Crippen LogP contribution in [0.4, 0.5) is 5.69 Å². The third kappa shape index (κ3) is 4.28.